The van der Waals surface area contributed by atoms with E-state index in [1.165, 1.54) is 11.3 Å². The van der Waals surface area contributed by atoms with Gasteiger partial charge in [-0.2, -0.15) is 0 Å². The Balaban J connectivity index is 2.38. The van der Waals surface area contributed by atoms with E-state index in [1.807, 2.05) is 14.1 Å². The average Bonchev–Trinajstić information content (AvgIpc) is 2.70. The van der Waals surface area contributed by atoms with Gasteiger partial charge in [0.1, 0.15) is 0 Å². The Kier molecular flexibility index (Phi) is 3.18. The van der Waals surface area contributed by atoms with E-state index in [0.717, 1.165) is 29.7 Å². The molecular weight excluding hydrogens is 212 g/mol. The van der Waals surface area contributed by atoms with Crippen LogP contribution in [0.15, 0.2) is 35.0 Å². The second-order valence-corrected chi connectivity index (χ2v) is 4.64. The topological polar surface area (TPSA) is 35.8 Å². The Morgan fingerprint density at radius 3 is 2.29 bits per heavy atom. The van der Waals surface area contributed by atoms with Gasteiger partial charge in [-0.05, 0) is 37.5 Å². The van der Waals surface area contributed by atoms with Crippen LogP contribution >= 0.6 is 0 Å². The zero-order chi connectivity index (χ0) is 12.4. The largest absolute Gasteiger partial charge is 0.411 e. The van der Waals surface area contributed by atoms with E-state index in [-0.39, 0.29) is 0 Å². The number of benzene rings is 1. The van der Waals surface area contributed by atoms with E-state index in [1.54, 1.807) is 0 Å². The van der Waals surface area contributed by atoms with Crippen molar-refractivity contribution in [3.63, 3.8) is 0 Å². The molecule has 0 radical (unpaired) electrons. The Hall–Kier alpha value is -1.77. The van der Waals surface area contributed by atoms with Gasteiger partial charge >= 0.3 is 0 Å². The van der Waals surface area contributed by atoms with Crippen LogP contribution in [0.2, 0.25) is 0 Å². The molecule has 17 heavy (non-hydrogen) atoms. The van der Waals surface area contributed by atoms with Gasteiger partial charge in [0.05, 0.1) is 5.71 Å². The van der Waals surface area contributed by atoms with Gasteiger partial charge in [-0.3, -0.25) is 0 Å². The third-order valence-electron chi connectivity index (χ3n) is 3.25. The molecular formula is C14H18N2O. The molecule has 2 rings (SSSR count). The highest BCUT2D eigenvalue weighted by Crippen LogP contribution is 2.32. The minimum absolute atomic E-state index is 0.806. The van der Waals surface area contributed by atoms with Crippen LogP contribution in [0, 0.1) is 0 Å². The van der Waals surface area contributed by atoms with Gasteiger partial charge in [-0.1, -0.05) is 22.9 Å². The van der Waals surface area contributed by atoms with Crippen LogP contribution in [0.1, 0.15) is 25.3 Å². The van der Waals surface area contributed by atoms with Crippen molar-refractivity contribution in [3.05, 3.63) is 35.4 Å². The Bertz CT molecular complexity index is 470. The molecule has 0 atom stereocenters. The van der Waals surface area contributed by atoms with Gasteiger partial charge in [0.2, 0.25) is 0 Å². The number of hydrogen-bond acceptors (Lipinski definition) is 3. The van der Waals surface area contributed by atoms with Crippen LogP contribution in [0.25, 0.3) is 5.57 Å². The summed E-state index contributed by atoms with van der Waals surface area (Å²) < 4.78 is 0. The molecule has 0 spiro atoms. The molecule has 1 N–H and O–H groups in total. The first-order chi connectivity index (χ1) is 8.13. The normalized spacial score (nSPS) is 17.9. The zero-order valence-corrected chi connectivity index (χ0v) is 10.6. The first-order valence-electron chi connectivity index (χ1n) is 5.82. The van der Waals surface area contributed by atoms with E-state index < -0.39 is 0 Å². The van der Waals surface area contributed by atoms with Gasteiger partial charge < -0.3 is 10.1 Å². The van der Waals surface area contributed by atoms with Crippen LogP contribution in [0.4, 0.5) is 5.69 Å². The molecule has 1 aliphatic carbocycles. The number of oxime groups is 1. The molecule has 90 valence electrons. The maximum atomic E-state index is 9.00. The number of nitrogens with zero attached hydrogens (tertiary/aromatic N) is 2. The molecule has 3 nitrogen and oxygen atoms in total. The summed E-state index contributed by atoms with van der Waals surface area (Å²) in [4.78, 5) is 2.07. The molecule has 1 aliphatic rings. The first-order valence-corrected chi connectivity index (χ1v) is 5.82. The van der Waals surface area contributed by atoms with Crippen LogP contribution in [0.5, 0.6) is 0 Å². The lowest BCUT2D eigenvalue weighted by Crippen LogP contribution is -2.08. The molecule has 0 bridgehead atoms. The SMILES string of the molecule is CC1=C(c2ccc(N(C)C)cc2)/C(=N/O)CC1. The van der Waals surface area contributed by atoms with Crippen molar-refractivity contribution in [1.29, 1.82) is 0 Å². The van der Waals surface area contributed by atoms with Crippen molar-refractivity contribution in [1.82, 2.24) is 0 Å². The van der Waals surface area contributed by atoms with Crippen molar-refractivity contribution >= 4 is 17.0 Å². The van der Waals surface area contributed by atoms with Crippen molar-refractivity contribution in [3.8, 4) is 0 Å². The fourth-order valence-corrected chi connectivity index (χ4v) is 2.24. The van der Waals surface area contributed by atoms with Gasteiger partial charge in [0.25, 0.3) is 0 Å². The third-order valence-corrected chi connectivity index (χ3v) is 3.25. The Morgan fingerprint density at radius 1 is 1.12 bits per heavy atom. The highest BCUT2D eigenvalue weighted by molar-refractivity contribution is 6.26. The van der Waals surface area contributed by atoms with E-state index >= 15 is 0 Å². The highest BCUT2D eigenvalue weighted by atomic mass is 16.4. The Morgan fingerprint density at radius 2 is 1.76 bits per heavy atom. The number of hydrogen-bond donors (Lipinski definition) is 1. The third kappa shape index (κ3) is 2.18. The summed E-state index contributed by atoms with van der Waals surface area (Å²) in [6, 6.07) is 8.35. The van der Waals surface area contributed by atoms with Crippen LogP contribution < -0.4 is 4.90 Å². The fraction of sp³-hybridized carbons (Fsp3) is 0.357. The monoisotopic (exact) mass is 230 g/mol. The first kappa shape index (κ1) is 11.7. The lowest BCUT2D eigenvalue weighted by molar-refractivity contribution is 0.319. The minimum atomic E-state index is 0.806. The van der Waals surface area contributed by atoms with Gasteiger partial charge in [0.15, 0.2) is 0 Å². The summed E-state index contributed by atoms with van der Waals surface area (Å²) in [6.45, 7) is 2.10. The summed E-state index contributed by atoms with van der Waals surface area (Å²) >= 11 is 0. The quantitative estimate of drug-likeness (QED) is 0.625. The van der Waals surface area contributed by atoms with Gasteiger partial charge in [-0.15, -0.1) is 0 Å². The zero-order valence-electron chi connectivity index (χ0n) is 10.6. The molecule has 0 heterocycles. The predicted octanol–water partition coefficient (Wildman–Crippen LogP) is 3.15. The molecule has 0 aliphatic heterocycles. The molecule has 0 unspecified atom stereocenters. The molecule has 1 aromatic carbocycles. The van der Waals surface area contributed by atoms with Gasteiger partial charge in [0, 0.05) is 25.4 Å². The van der Waals surface area contributed by atoms with Crippen molar-refractivity contribution < 1.29 is 5.21 Å². The molecule has 1 aromatic rings. The van der Waals surface area contributed by atoms with E-state index in [0.29, 0.717) is 0 Å². The van der Waals surface area contributed by atoms with Crippen molar-refractivity contribution in [2.75, 3.05) is 19.0 Å². The van der Waals surface area contributed by atoms with Crippen LogP contribution in [0.3, 0.4) is 0 Å². The smallest absolute Gasteiger partial charge is 0.0876 e. The molecule has 0 saturated carbocycles. The van der Waals surface area contributed by atoms with Crippen LogP contribution in [-0.2, 0) is 0 Å². The van der Waals surface area contributed by atoms with Gasteiger partial charge in [-0.25, -0.2) is 0 Å². The Labute approximate surface area is 102 Å². The summed E-state index contributed by atoms with van der Waals surface area (Å²) in [5.74, 6) is 0. The second-order valence-electron chi connectivity index (χ2n) is 4.64. The molecule has 0 aromatic heterocycles. The molecule has 0 fully saturated rings. The summed E-state index contributed by atoms with van der Waals surface area (Å²) in [6.07, 6.45) is 1.83. The second kappa shape index (κ2) is 4.62. The molecule has 3 heteroatoms. The molecule has 0 amide bonds. The standard InChI is InChI=1S/C14H18N2O/c1-10-4-9-13(15-17)14(10)11-5-7-12(8-6-11)16(2)3/h5-8,17H,4,9H2,1-3H3/b15-13+. The number of rotatable bonds is 2. The van der Waals surface area contributed by atoms with E-state index in [4.69, 9.17) is 5.21 Å². The maximum absolute atomic E-state index is 9.00. The maximum Gasteiger partial charge on any atom is 0.0876 e. The fourth-order valence-electron chi connectivity index (χ4n) is 2.24. The molecule has 0 saturated heterocycles. The summed E-state index contributed by atoms with van der Waals surface area (Å²) in [5.41, 5.74) is 5.53. The number of anilines is 1. The average molecular weight is 230 g/mol. The minimum Gasteiger partial charge on any atom is -0.411 e. The summed E-state index contributed by atoms with van der Waals surface area (Å²) in [7, 11) is 4.05. The van der Waals surface area contributed by atoms with Crippen molar-refractivity contribution in [2.45, 2.75) is 19.8 Å². The highest BCUT2D eigenvalue weighted by Gasteiger charge is 2.20. The number of allylic oxidation sites excluding steroid dienone is 2. The van der Waals surface area contributed by atoms with E-state index in [2.05, 4.69) is 41.2 Å². The summed E-state index contributed by atoms with van der Waals surface area (Å²) in [5, 5.41) is 12.4. The lowest BCUT2D eigenvalue weighted by Gasteiger charge is -2.13. The lowest BCUT2D eigenvalue weighted by atomic mass is 10.0. The predicted molar refractivity (Wildman–Crippen MR) is 71.8 cm³/mol. The van der Waals surface area contributed by atoms with Crippen LogP contribution in [-0.4, -0.2) is 25.0 Å². The van der Waals surface area contributed by atoms with Crippen molar-refractivity contribution in [2.24, 2.45) is 5.16 Å². The van der Waals surface area contributed by atoms with E-state index in [9.17, 15) is 0 Å².